The smallest absolute Gasteiger partial charge is 0.269 e. The number of hydrogen-bond donors (Lipinski definition) is 0. The summed E-state index contributed by atoms with van der Waals surface area (Å²) in [6, 6.07) is 8.12. The van der Waals surface area contributed by atoms with Crippen LogP contribution in [-0.4, -0.2) is 24.9 Å². The van der Waals surface area contributed by atoms with Gasteiger partial charge in [0.25, 0.3) is 12.0 Å². The lowest BCUT2D eigenvalue weighted by molar-refractivity contribution is 0.0511. The van der Waals surface area contributed by atoms with Crippen LogP contribution >= 0.6 is 11.6 Å². The highest BCUT2D eigenvalue weighted by Crippen LogP contribution is 2.27. The molecule has 4 nitrogen and oxygen atoms in total. The van der Waals surface area contributed by atoms with E-state index >= 15 is 0 Å². The van der Waals surface area contributed by atoms with E-state index in [1.165, 1.54) is 13.2 Å². The van der Waals surface area contributed by atoms with Gasteiger partial charge >= 0.3 is 0 Å². The first-order valence-corrected chi connectivity index (χ1v) is 7.22. The molecule has 0 spiro atoms. The molecule has 124 valence electrons. The molecule has 0 aliphatic rings. The molecule has 0 aliphatic carbocycles. The topological polar surface area (TPSA) is 40.5 Å². The Balaban J connectivity index is 2.49. The van der Waals surface area contributed by atoms with Crippen molar-refractivity contribution in [3.63, 3.8) is 0 Å². The number of ether oxygens (including phenoxy) is 2. The Morgan fingerprint density at radius 1 is 1.26 bits per heavy atom. The molecule has 0 aliphatic heterocycles. The quantitative estimate of drug-likeness (QED) is 0.750. The van der Waals surface area contributed by atoms with Crippen LogP contribution < -0.4 is 10.3 Å². The van der Waals surface area contributed by atoms with Crippen molar-refractivity contribution in [1.82, 2.24) is 4.57 Å². The minimum Gasteiger partial charge on any atom is -0.468 e. The number of aryl methyl sites for hydroxylation is 1. The predicted molar refractivity (Wildman–Crippen MR) is 84.4 cm³/mol. The van der Waals surface area contributed by atoms with Gasteiger partial charge in [0.1, 0.15) is 10.8 Å². The zero-order chi connectivity index (χ0) is 17.0. The minimum atomic E-state index is -2.66. The molecule has 0 amide bonds. The molecule has 0 bridgehead atoms. The third-order valence-corrected chi connectivity index (χ3v) is 3.55. The molecular weight excluding hydrogens is 328 g/mol. The maximum atomic E-state index is 12.8. The van der Waals surface area contributed by atoms with E-state index in [2.05, 4.69) is 0 Å². The first-order valence-electron chi connectivity index (χ1n) is 6.84. The van der Waals surface area contributed by atoms with E-state index in [-0.39, 0.29) is 11.8 Å². The van der Waals surface area contributed by atoms with Gasteiger partial charge < -0.3 is 14.0 Å². The third kappa shape index (κ3) is 4.09. The van der Waals surface area contributed by atoms with Crippen LogP contribution in [0.2, 0.25) is 5.02 Å². The summed E-state index contributed by atoms with van der Waals surface area (Å²) in [6.45, 7) is 1.20. The van der Waals surface area contributed by atoms with E-state index in [9.17, 15) is 13.6 Å². The summed E-state index contributed by atoms with van der Waals surface area (Å²) in [6.07, 6.45) is -2.66. The van der Waals surface area contributed by atoms with Crippen molar-refractivity contribution in [3.05, 3.63) is 51.3 Å². The zero-order valence-electron chi connectivity index (χ0n) is 12.7. The number of nitrogens with zero attached hydrogens (tertiary/aromatic N) is 1. The van der Waals surface area contributed by atoms with E-state index in [0.29, 0.717) is 17.0 Å². The van der Waals surface area contributed by atoms with Gasteiger partial charge in [0.15, 0.2) is 6.79 Å². The molecule has 7 heteroatoms. The van der Waals surface area contributed by atoms with Crippen molar-refractivity contribution in [1.29, 1.82) is 0 Å². The molecule has 0 fully saturated rings. The van der Waals surface area contributed by atoms with Gasteiger partial charge in [-0.1, -0.05) is 11.6 Å². The minimum absolute atomic E-state index is 0.0906. The number of hydrogen-bond acceptors (Lipinski definition) is 3. The predicted octanol–water partition coefficient (Wildman–Crippen LogP) is 3.72. The van der Waals surface area contributed by atoms with E-state index in [1.54, 1.807) is 31.2 Å². The van der Waals surface area contributed by atoms with E-state index in [1.807, 2.05) is 0 Å². The van der Waals surface area contributed by atoms with Crippen LogP contribution in [0, 0.1) is 6.92 Å². The van der Waals surface area contributed by atoms with Crippen molar-refractivity contribution in [2.75, 3.05) is 13.9 Å². The van der Waals surface area contributed by atoms with E-state index < -0.39 is 18.5 Å². The summed E-state index contributed by atoms with van der Waals surface area (Å²) in [5, 5.41) is -0.0906. The maximum Gasteiger partial charge on any atom is 0.269 e. The van der Waals surface area contributed by atoms with Crippen LogP contribution in [0.15, 0.2) is 35.1 Å². The van der Waals surface area contributed by atoms with E-state index in [4.69, 9.17) is 21.1 Å². The van der Waals surface area contributed by atoms with Gasteiger partial charge in [0.2, 0.25) is 0 Å². The van der Waals surface area contributed by atoms with Crippen molar-refractivity contribution in [2.24, 2.45) is 0 Å². The molecule has 1 aromatic heterocycles. The second-order valence-corrected chi connectivity index (χ2v) is 5.31. The molecular formula is C16H16ClF2NO3. The second kappa shape index (κ2) is 7.57. The SMILES string of the molecule is COCOc1ccc(-c2ccc(Cl)c(=O)n2CC(F)F)c(C)c1. The molecule has 2 aromatic rings. The third-order valence-electron chi connectivity index (χ3n) is 3.27. The van der Waals surface area contributed by atoms with Crippen LogP contribution in [0.25, 0.3) is 11.3 Å². The normalized spacial score (nSPS) is 11.0. The fourth-order valence-electron chi connectivity index (χ4n) is 2.25. The number of alkyl halides is 2. The monoisotopic (exact) mass is 343 g/mol. The van der Waals surface area contributed by atoms with Crippen LogP contribution in [-0.2, 0) is 11.3 Å². The standard InChI is InChI=1S/C16H16ClF2NO3/c1-10-7-11(23-9-22-2)3-4-12(10)14-6-5-13(17)16(21)20(14)8-15(18)19/h3-7,15H,8-9H2,1-2H3. The Morgan fingerprint density at radius 3 is 2.61 bits per heavy atom. The Kier molecular flexibility index (Phi) is 5.74. The van der Waals surface area contributed by atoms with Crippen molar-refractivity contribution >= 4 is 11.6 Å². The van der Waals surface area contributed by atoms with Crippen LogP contribution in [0.4, 0.5) is 8.78 Å². The number of benzene rings is 1. The largest absolute Gasteiger partial charge is 0.468 e. The molecule has 0 saturated carbocycles. The highest BCUT2D eigenvalue weighted by Gasteiger charge is 2.15. The Bertz CT molecular complexity index is 747. The second-order valence-electron chi connectivity index (χ2n) is 4.90. The van der Waals surface area contributed by atoms with Gasteiger partial charge in [-0.25, -0.2) is 8.78 Å². The highest BCUT2D eigenvalue weighted by molar-refractivity contribution is 6.30. The molecule has 23 heavy (non-hydrogen) atoms. The number of aromatic nitrogens is 1. The van der Waals surface area contributed by atoms with E-state index in [0.717, 1.165) is 10.1 Å². The van der Waals surface area contributed by atoms with Crippen LogP contribution in [0.1, 0.15) is 5.56 Å². The average molecular weight is 344 g/mol. The number of rotatable bonds is 6. The summed E-state index contributed by atoms with van der Waals surface area (Å²) >= 11 is 5.77. The first-order chi connectivity index (χ1) is 10.9. The molecule has 1 aromatic carbocycles. The summed E-state index contributed by atoms with van der Waals surface area (Å²) in [5.74, 6) is 0.588. The van der Waals surface area contributed by atoms with Crippen molar-refractivity contribution < 1.29 is 18.3 Å². The lowest BCUT2D eigenvalue weighted by atomic mass is 10.0. The van der Waals surface area contributed by atoms with Crippen molar-refractivity contribution in [2.45, 2.75) is 19.9 Å². The molecule has 0 radical (unpaired) electrons. The molecule has 0 saturated heterocycles. The van der Waals surface area contributed by atoms with Gasteiger partial charge in [0, 0.05) is 12.7 Å². The number of methoxy groups -OCH3 is 1. The number of pyridine rings is 1. The lowest BCUT2D eigenvalue weighted by Crippen LogP contribution is -2.25. The Morgan fingerprint density at radius 2 is 2.00 bits per heavy atom. The molecule has 0 N–H and O–H groups in total. The molecule has 1 heterocycles. The fraction of sp³-hybridized carbons (Fsp3) is 0.312. The Hall–Kier alpha value is -1.92. The number of halogens is 3. The Labute approximate surface area is 137 Å². The average Bonchev–Trinajstić information content (AvgIpc) is 2.50. The first kappa shape index (κ1) is 17.4. The summed E-state index contributed by atoms with van der Waals surface area (Å²) in [5.41, 5.74) is 1.19. The lowest BCUT2D eigenvalue weighted by Gasteiger charge is -2.16. The molecule has 0 atom stereocenters. The van der Waals surface area contributed by atoms with Gasteiger partial charge in [-0.2, -0.15) is 0 Å². The molecule has 0 unspecified atom stereocenters. The van der Waals surface area contributed by atoms with Gasteiger partial charge in [0.05, 0.1) is 12.2 Å². The highest BCUT2D eigenvalue weighted by atomic mass is 35.5. The molecule has 2 rings (SSSR count). The van der Waals surface area contributed by atoms with Crippen molar-refractivity contribution in [3.8, 4) is 17.0 Å². The van der Waals surface area contributed by atoms with Crippen LogP contribution in [0.5, 0.6) is 5.75 Å². The van der Waals surface area contributed by atoms with Gasteiger partial charge in [-0.05, 0) is 42.8 Å². The van der Waals surface area contributed by atoms with Crippen LogP contribution in [0.3, 0.4) is 0 Å². The summed E-state index contributed by atoms with van der Waals surface area (Å²) in [7, 11) is 1.51. The fourth-order valence-corrected chi connectivity index (χ4v) is 2.41. The van der Waals surface area contributed by atoms with Gasteiger partial charge in [-0.3, -0.25) is 4.79 Å². The zero-order valence-corrected chi connectivity index (χ0v) is 13.4. The summed E-state index contributed by atoms with van der Waals surface area (Å²) < 4.78 is 36.7. The summed E-state index contributed by atoms with van der Waals surface area (Å²) in [4.78, 5) is 12.1. The maximum absolute atomic E-state index is 12.8. The van der Waals surface area contributed by atoms with Gasteiger partial charge in [-0.15, -0.1) is 0 Å².